The van der Waals surface area contributed by atoms with Crippen LogP contribution in [0.5, 0.6) is 5.75 Å². The van der Waals surface area contributed by atoms with Crippen molar-refractivity contribution in [2.24, 2.45) is 0 Å². The van der Waals surface area contributed by atoms with Crippen molar-refractivity contribution in [3.63, 3.8) is 0 Å². The van der Waals surface area contributed by atoms with E-state index in [1.165, 1.54) is 0 Å². The van der Waals surface area contributed by atoms with Crippen LogP contribution in [0.25, 0.3) is 0 Å². The van der Waals surface area contributed by atoms with Gasteiger partial charge in [0.2, 0.25) is 0 Å². The molecule has 0 amide bonds. The molecule has 1 atom stereocenters. The quantitative estimate of drug-likeness (QED) is 0.753. The van der Waals surface area contributed by atoms with Crippen molar-refractivity contribution < 1.29 is 9.53 Å². The van der Waals surface area contributed by atoms with Crippen molar-refractivity contribution in [1.29, 1.82) is 0 Å². The van der Waals surface area contributed by atoms with Gasteiger partial charge in [-0.3, -0.25) is 9.78 Å². The van der Waals surface area contributed by atoms with Crippen molar-refractivity contribution in [3.05, 3.63) is 59.9 Å². The average Bonchev–Trinajstić information content (AvgIpc) is 2.40. The summed E-state index contributed by atoms with van der Waals surface area (Å²) in [4.78, 5) is 14.7. The first-order valence-electron chi connectivity index (χ1n) is 5.41. The highest BCUT2D eigenvalue weighted by Gasteiger charge is 2.07. The molecule has 1 aromatic carbocycles. The summed E-state index contributed by atoms with van der Waals surface area (Å²) in [6.45, 7) is 1.95. The highest BCUT2D eigenvalue weighted by molar-refractivity contribution is 5.75. The number of benzene rings is 1. The lowest BCUT2D eigenvalue weighted by molar-refractivity contribution is 0.112. The van der Waals surface area contributed by atoms with Crippen LogP contribution in [0, 0.1) is 0 Å². The van der Waals surface area contributed by atoms with E-state index in [2.05, 4.69) is 4.98 Å². The maximum atomic E-state index is 10.6. The van der Waals surface area contributed by atoms with Crippen LogP contribution in [0.2, 0.25) is 0 Å². The lowest BCUT2D eigenvalue weighted by Crippen LogP contribution is -2.03. The minimum absolute atomic E-state index is 0.0920. The SMILES string of the molecule is CC(Oc1cccc(C=O)c1)c1cccnc1. The standard InChI is InChI=1S/C14H13NO2/c1-11(13-5-3-7-15-9-13)17-14-6-2-4-12(8-14)10-16/h2-11H,1H3. The van der Waals surface area contributed by atoms with Gasteiger partial charge in [-0.1, -0.05) is 18.2 Å². The number of carbonyl (C=O) groups is 1. The van der Waals surface area contributed by atoms with E-state index < -0.39 is 0 Å². The van der Waals surface area contributed by atoms with Gasteiger partial charge in [-0.05, 0) is 25.1 Å². The number of nitrogens with zero attached hydrogens (tertiary/aromatic N) is 1. The molecule has 1 heterocycles. The lowest BCUT2D eigenvalue weighted by atomic mass is 10.2. The highest BCUT2D eigenvalue weighted by atomic mass is 16.5. The average molecular weight is 227 g/mol. The molecule has 0 N–H and O–H groups in total. The van der Waals surface area contributed by atoms with E-state index in [0.717, 1.165) is 11.8 Å². The summed E-state index contributed by atoms with van der Waals surface area (Å²) in [5.41, 5.74) is 1.62. The zero-order valence-electron chi connectivity index (χ0n) is 9.54. The molecular weight excluding hydrogens is 214 g/mol. The Bertz CT molecular complexity index is 497. The third-order valence-corrected chi connectivity index (χ3v) is 2.46. The molecule has 1 aromatic heterocycles. The first kappa shape index (κ1) is 11.3. The van der Waals surface area contributed by atoms with Gasteiger partial charge in [0.05, 0.1) is 0 Å². The van der Waals surface area contributed by atoms with Crippen LogP contribution in [-0.2, 0) is 0 Å². The van der Waals surface area contributed by atoms with E-state index in [9.17, 15) is 4.79 Å². The van der Waals surface area contributed by atoms with Crippen molar-refractivity contribution in [2.75, 3.05) is 0 Å². The van der Waals surface area contributed by atoms with Gasteiger partial charge < -0.3 is 4.74 Å². The summed E-state index contributed by atoms with van der Waals surface area (Å²) in [5, 5.41) is 0. The fourth-order valence-corrected chi connectivity index (χ4v) is 1.55. The Balaban J connectivity index is 2.13. The predicted molar refractivity (Wildman–Crippen MR) is 65.1 cm³/mol. The van der Waals surface area contributed by atoms with E-state index in [1.54, 1.807) is 30.6 Å². The van der Waals surface area contributed by atoms with Gasteiger partial charge in [-0.2, -0.15) is 0 Å². The monoisotopic (exact) mass is 227 g/mol. The molecule has 0 radical (unpaired) electrons. The Morgan fingerprint density at radius 1 is 1.29 bits per heavy atom. The summed E-state index contributed by atoms with van der Waals surface area (Å²) in [5.74, 6) is 0.686. The summed E-state index contributed by atoms with van der Waals surface area (Å²) < 4.78 is 5.74. The molecule has 0 aliphatic rings. The first-order valence-corrected chi connectivity index (χ1v) is 5.41. The van der Waals surface area contributed by atoms with E-state index in [1.807, 2.05) is 25.1 Å². The molecule has 0 fully saturated rings. The molecule has 0 aliphatic heterocycles. The number of carbonyl (C=O) groups excluding carboxylic acids is 1. The summed E-state index contributed by atoms with van der Waals surface area (Å²) in [6, 6.07) is 10.9. The Kier molecular flexibility index (Phi) is 3.50. The van der Waals surface area contributed by atoms with Gasteiger partial charge in [0.15, 0.2) is 0 Å². The zero-order chi connectivity index (χ0) is 12.1. The van der Waals surface area contributed by atoms with Crippen LogP contribution in [0.4, 0.5) is 0 Å². The molecule has 17 heavy (non-hydrogen) atoms. The molecular formula is C14H13NO2. The Morgan fingerprint density at radius 2 is 2.18 bits per heavy atom. The third-order valence-electron chi connectivity index (χ3n) is 2.46. The molecule has 2 rings (SSSR count). The van der Waals surface area contributed by atoms with Crippen molar-refractivity contribution in [2.45, 2.75) is 13.0 Å². The van der Waals surface area contributed by atoms with Crippen LogP contribution in [-0.4, -0.2) is 11.3 Å². The summed E-state index contributed by atoms with van der Waals surface area (Å²) >= 11 is 0. The van der Waals surface area contributed by atoms with E-state index in [4.69, 9.17) is 4.74 Å². The minimum Gasteiger partial charge on any atom is -0.486 e. The van der Waals surface area contributed by atoms with Crippen LogP contribution >= 0.6 is 0 Å². The highest BCUT2D eigenvalue weighted by Crippen LogP contribution is 2.21. The Morgan fingerprint density at radius 3 is 2.88 bits per heavy atom. The lowest BCUT2D eigenvalue weighted by Gasteiger charge is -2.14. The maximum Gasteiger partial charge on any atom is 0.150 e. The summed E-state index contributed by atoms with van der Waals surface area (Å²) in [6.07, 6.45) is 4.21. The second-order valence-corrected chi connectivity index (χ2v) is 3.74. The Labute approximate surface area is 100 Å². The van der Waals surface area contributed by atoms with Crippen molar-refractivity contribution >= 4 is 6.29 Å². The van der Waals surface area contributed by atoms with Crippen LogP contribution in [0.15, 0.2) is 48.8 Å². The maximum absolute atomic E-state index is 10.6. The van der Waals surface area contributed by atoms with Gasteiger partial charge in [0.25, 0.3) is 0 Å². The van der Waals surface area contributed by atoms with Gasteiger partial charge in [-0.25, -0.2) is 0 Å². The number of rotatable bonds is 4. The van der Waals surface area contributed by atoms with Crippen molar-refractivity contribution in [3.8, 4) is 5.75 Å². The molecule has 0 saturated heterocycles. The molecule has 0 saturated carbocycles. The molecule has 1 unspecified atom stereocenters. The van der Waals surface area contributed by atoms with Gasteiger partial charge in [-0.15, -0.1) is 0 Å². The smallest absolute Gasteiger partial charge is 0.150 e. The van der Waals surface area contributed by atoms with Gasteiger partial charge in [0, 0.05) is 23.5 Å². The Hall–Kier alpha value is -2.16. The van der Waals surface area contributed by atoms with E-state index >= 15 is 0 Å². The van der Waals surface area contributed by atoms with Gasteiger partial charge in [0.1, 0.15) is 18.1 Å². The van der Waals surface area contributed by atoms with Crippen molar-refractivity contribution in [1.82, 2.24) is 4.98 Å². The van der Waals surface area contributed by atoms with Crippen LogP contribution < -0.4 is 4.74 Å². The van der Waals surface area contributed by atoms with Gasteiger partial charge >= 0.3 is 0 Å². The number of aromatic nitrogens is 1. The number of hydrogen-bond acceptors (Lipinski definition) is 3. The van der Waals surface area contributed by atoms with Crippen LogP contribution in [0.3, 0.4) is 0 Å². The van der Waals surface area contributed by atoms with Crippen LogP contribution in [0.1, 0.15) is 28.9 Å². The topological polar surface area (TPSA) is 39.2 Å². The number of hydrogen-bond donors (Lipinski definition) is 0. The molecule has 0 spiro atoms. The predicted octanol–water partition coefficient (Wildman–Crippen LogP) is 3.03. The molecule has 0 aliphatic carbocycles. The second kappa shape index (κ2) is 5.25. The fourth-order valence-electron chi connectivity index (χ4n) is 1.55. The minimum atomic E-state index is -0.0920. The number of pyridine rings is 1. The number of aldehydes is 1. The molecule has 2 aromatic rings. The third kappa shape index (κ3) is 2.91. The second-order valence-electron chi connectivity index (χ2n) is 3.74. The molecule has 86 valence electrons. The summed E-state index contributed by atoms with van der Waals surface area (Å²) in [7, 11) is 0. The fraction of sp³-hybridized carbons (Fsp3) is 0.143. The molecule has 3 nitrogen and oxygen atoms in total. The molecule has 3 heteroatoms. The number of ether oxygens (including phenoxy) is 1. The molecule has 0 bridgehead atoms. The zero-order valence-corrected chi connectivity index (χ0v) is 9.54. The largest absolute Gasteiger partial charge is 0.486 e. The normalized spacial score (nSPS) is 11.8. The van der Waals surface area contributed by atoms with E-state index in [0.29, 0.717) is 11.3 Å². The van der Waals surface area contributed by atoms with E-state index in [-0.39, 0.29) is 6.10 Å². The first-order chi connectivity index (χ1) is 8.29.